The lowest BCUT2D eigenvalue weighted by molar-refractivity contribution is 0.0193. The molecule has 1 aliphatic carbocycles. The summed E-state index contributed by atoms with van der Waals surface area (Å²) in [6, 6.07) is 7.51. The first-order valence-corrected chi connectivity index (χ1v) is 10.5. The number of ether oxygens (including phenoxy) is 1. The van der Waals surface area contributed by atoms with Crippen LogP contribution < -0.4 is 0 Å². The Morgan fingerprint density at radius 2 is 1.32 bits per heavy atom. The van der Waals surface area contributed by atoms with Gasteiger partial charge < -0.3 is 14.9 Å². The lowest BCUT2D eigenvalue weighted by Crippen LogP contribution is -2.24. The van der Waals surface area contributed by atoms with Crippen molar-refractivity contribution < 1.29 is 41.7 Å². The molecule has 2 N–H and O–H groups in total. The molecule has 0 heterocycles. The van der Waals surface area contributed by atoms with Gasteiger partial charge in [0.15, 0.2) is 23.1 Å². The molecule has 0 atom stereocenters. The van der Waals surface area contributed by atoms with E-state index in [2.05, 4.69) is 0 Å². The predicted octanol–water partition coefficient (Wildman–Crippen LogP) is 6.34. The summed E-state index contributed by atoms with van der Waals surface area (Å²) in [7, 11) is 0. The van der Waals surface area contributed by atoms with E-state index >= 15 is 0 Å². The number of rotatable bonds is 4. The number of benzene rings is 3. The highest BCUT2D eigenvalue weighted by Crippen LogP contribution is 2.37. The number of aromatic hydroxyl groups is 2. The average molecular weight is 478 g/mol. The van der Waals surface area contributed by atoms with Gasteiger partial charge in [0.05, 0.1) is 5.56 Å². The van der Waals surface area contributed by atoms with Crippen molar-refractivity contribution in [2.24, 2.45) is 0 Å². The fourth-order valence-corrected chi connectivity index (χ4v) is 4.19. The molecular weight excluding hydrogens is 459 g/mol. The molecule has 3 aromatic carbocycles. The summed E-state index contributed by atoms with van der Waals surface area (Å²) in [5, 5.41) is 18.5. The zero-order chi connectivity index (χ0) is 24.6. The third kappa shape index (κ3) is 4.42. The van der Waals surface area contributed by atoms with Gasteiger partial charge in [0.1, 0.15) is 11.9 Å². The van der Waals surface area contributed by atoms with E-state index in [0.29, 0.717) is 25.7 Å². The zero-order valence-corrected chi connectivity index (χ0v) is 17.6. The molecule has 0 aliphatic heterocycles. The molecule has 0 saturated heterocycles. The van der Waals surface area contributed by atoms with E-state index in [1.807, 2.05) is 0 Å². The van der Waals surface area contributed by atoms with Gasteiger partial charge in [-0.3, -0.25) is 0 Å². The lowest BCUT2D eigenvalue weighted by atomic mass is 9.82. The minimum Gasteiger partial charge on any atom is -0.505 e. The first kappa shape index (κ1) is 23.5. The first-order valence-electron chi connectivity index (χ1n) is 10.5. The van der Waals surface area contributed by atoms with Gasteiger partial charge in [-0.1, -0.05) is 12.1 Å². The van der Waals surface area contributed by atoms with Gasteiger partial charge in [-0.25, -0.2) is 18.0 Å². The van der Waals surface area contributed by atoms with Crippen molar-refractivity contribution in [3.05, 3.63) is 82.7 Å². The molecule has 1 aliphatic rings. The molecular formula is C25H19F5O4. The molecule has 0 bridgehead atoms. The van der Waals surface area contributed by atoms with Crippen LogP contribution in [0.1, 0.15) is 47.5 Å². The van der Waals surface area contributed by atoms with Crippen molar-refractivity contribution in [2.75, 3.05) is 0 Å². The van der Waals surface area contributed by atoms with Gasteiger partial charge in [-0.15, -0.1) is 0 Å². The molecule has 4 nitrogen and oxygen atoms in total. The molecule has 34 heavy (non-hydrogen) atoms. The third-order valence-corrected chi connectivity index (χ3v) is 6.04. The Bertz CT molecular complexity index is 1250. The first-order chi connectivity index (χ1) is 16.2. The smallest absolute Gasteiger partial charge is 0.338 e. The largest absolute Gasteiger partial charge is 0.505 e. The second kappa shape index (κ2) is 9.32. The van der Waals surface area contributed by atoms with Gasteiger partial charge in [-0.05, 0) is 67.5 Å². The van der Waals surface area contributed by atoms with Crippen LogP contribution in [0.5, 0.6) is 11.5 Å². The topological polar surface area (TPSA) is 66.8 Å². The number of phenols is 2. The summed E-state index contributed by atoms with van der Waals surface area (Å²) in [5.41, 5.74) is -0.689. The van der Waals surface area contributed by atoms with E-state index in [-0.39, 0.29) is 22.6 Å². The minimum absolute atomic E-state index is 0.130. The Morgan fingerprint density at radius 1 is 0.735 bits per heavy atom. The maximum Gasteiger partial charge on any atom is 0.338 e. The normalized spacial score (nSPS) is 18.0. The second-order valence-corrected chi connectivity index (χ2v) is 8.14. The molecule has 0 spiro atoms. The molecule has 1 fully saturated rings. The van der Waals surface area contributed by atoms with Crippen LogP contribution in [0.25, 0.3) is 11.1 Å². The number of halogens is 5. The lowest BCUT2D eigenvalue weighted by Gasteiger charge is -2.29. The quantitative estimate of drug-likeness (QED) is 0.339. The van der Waals surface area contributed by atoms with Crippen molar-refractivity contribution in [1.82, 2.24) is 0 Å². The van der Waals surface area contributed by atoms with Crippen molar-refractivity contribution in [3.63, 3.8) is 0 Å². The van der Waals surface area contributed by atoms with E-state index in [0.717, 1.165) is 30.3 Å². The molecule has 4 rings (SSSR count). The van der Waals surface area contributed by atoms with Crippen LogP contribution >= 0.6 is 0 Å². The van der Waals surface area contributed by atoms with Crippen LogP contribution in [0.3, 0.4) is 0 Å². The molecule has 3 aromatic rings. The highest BCUT2D eigenvalue weighted by atomic mass is 19.2. The summed E-state index contributed by atoms with van der Waals surface area (Å²) in [6.45, 7) is 0. The number of carbonyl (C=O) groups is 1. The van der Waals surface area contributed by atoms with Gasteiger partial charge >= 0.3 is 5.97 Å². The van der Waals surface area contributed by atoms with Crippen LogP contribution in [0.15, 0.2) is 42.5 Å². The Hall–Kier alpha value is -3.62. The van der Waals surface area contributed by atoms with Crippen molar-refractivity contribution in [2.45, 2.75) is 37.7 Å². The van der Waals surface area contributed by atoms with Crippen LogP contribution in [0, 0.1) is 29.1 Å². The predicted molar refractivity (Wildman–Crippen MR) is 112 cm³/mol. The van der Waals surface area contributed by atoms with Crippen molar-refractivity contribution in [1.29, 1.82) is 0 Å². The van der Waals surface area contributed by atoms with E-state index < -0.39 is 58.2 Å². The summed E-state index contributed by atoms with van der Waals surface area (Å²) in [5.74, 6) is -9.09. The van der Waals surface area contributed by atoms with Gasteiger partial charge in [0, 0.05) is 11.1 Å². The summed E-state index contributed by atoms with van der Waals surface area (Å²) in [6.07, 6.45) is 1.06. The molecule has 9 heteroatoms. The number of hydrogen-bond acceptors (Lipinski definition) is 4. The fraction of sp³-hybridized carbons (Fsp3) is 0.240. The summed E-state index contributed by atoms with van der Waals surface area (Å²) in [4.78, 5) is 12.5. The standard InChI is InChI=1S/C25H19F5O4/c26-18-11-13(3-6-16(18)17-8-10-20(32)24(30)22(17)28)25(33)34-14-4-1-12(2-5-14)15-7-9-19(31)23(29)21(15)27/h3,6-12,14,31-32H,1-2,4-5H2. The van der Waals surface area contributed by atoms with Gasteiger partial charge in [-0.2, -0.15) is 8.78 Å². The summed E-state index contributed by atoms with van der Waals surface area (Å²) >= 11 is 0. The van der Waals surface area contributed by atoms with Crippen LogP contribution in [0.4, 0.5) is 22.0 Å². The van der Waals surface area contributed by atoms with Crippen LogP contribution in [-0.2, 0) is 4.74 Å². The van der Waals surface area contributed by atoms with E-state index in [4.69, 9.17) is 4.74 Å². The Kier molecular flexibility index (Phi) is 6.45. The maximum atomic E-state index is 14.6. The number of carbonyl (C=O) groups excluding carboxylic acids is 1. The zero-order valence-electron chi connectivity index (χ0n) is 17.6. The van der Waals surface area contributed by atoms with Gasteiger partial charge in [0.25, 0.3) is 0 Å². The molecule has 1 saturated carbocycles. The molecule has 0 unspecified atom stereocenters. The molecule has 0 amide bonds. The Labute approximate surface area is 191 Å². The molecule has 0 radical (unpaired) electrons. The monoisotopic (exact) mass is 478 g/mol. The Balaban J connectivity index is 1.42. The number of esters is 1. The van der Waals surface area contributed by atoms with Crippen molar-refractivity contribution >= 4 is 5.97 Å². The highest BCUT2D eigenvalue weighted by molar-refractivity contribution is 5.90. The fourth-order valence-electron chi connectivity index (χ4n) is 4.19. The number of phenolic OH excluding ortho intramolecular Hbond substituents is 2. The van der Waals surface area contributed by atoms with E-state index in [1.54, 1.807) is 0 Å². The van der Waals surface area contributed by atoms with Crippen LogP contribution in [-0.4, -0.2) is 22.3 Å². The highest BCUT2D eigenvalue weighted by Gasteiger charge is 2.28. The minimum atomic E-state index is -1.51. The van der Waals surface area contributed by atoms with Crippen LogP contribution in [0.2, 0.25) is 0 Å². The van der Waals surface area contributed by atoms with Gasteiger partial charge in [0.2, 0.25) is 11.6 Å². The van der Waals surface area contributed by atoms with E-state index in [1.165, 1.54) is 12.1 Å². The Morgan fingerprint density at radius 3 is 1.97 bits per heavy atom. The maximum absolute atomic E-state index is 14.6. The molecule has 0 aromatic heterocycles. The second-order valence-electron chi connectivity index (χ2n) is 8.14. The summed E-state index contributed by atoms with van der Waals surface area (Å²) < 4.78 is 75.4. The average Bonchev–Trinajstić information content (AvgIpc) is 2.82. The third-order valence-electron chi connectivity index (χ3n) is 6.04. The SMILES string of the molecule is O=C(OC1CCC(c2ccc(O)c(F)c2F)CC1)c1ccc(-c2ccc(O)c(F)c2F)c(F)c1. The molecule has 178 valence electrons. The van der Waals surface area contributed by atoms with E-state index in [9.17, 15) is 37.0 Å². The number of hydrogen-bond donors (Lipinski definition) is 2. The van der Waals surface area contributed by atoms with Crippen molar-refractivity contribution in [3.8, 4) is 22.6 Å².